The van der Waals surface area contributed by atoms with Gasteiger partial charge in [0.15, 0.2) is 0 Å². The molecule has 5 nitrogen and oxygen atoms in total. The van der Waals surface area contributed by atoms with E-state index in [4.69, 9.17) is 0 Å². The normalized spacial score (nSPS) is 15.5. The van der Waals surface area contributed by atoms with Gasteiger partial charge in [-0.1, -0.05) is 6.42 Å². The molecule has 0 bridgehead atoms. The number of nitrogens with one attached hydrogen (secondary N) is 1. The minimum Gasteiger partial charge on any atom is -0.352 e. The molecule has 1 N–H and O–H groups in total. The molecule has 3 rings (SSSR count). The molecule has 0 atom stereocenters. The van der Waals surface area contributed by atoms with Crippen LogP contribution in [0.4, 0.5) is 0 Å². The maximum absolute atomic E-state index is 12.1. The molecule has 23 heavy (non-hydrogen) atoms. The summed E-state index contributed by atoms with van der Waals surface area (Å²) < 4.78 is 1.78. The third kappa shape index (κ3) is 4.42. The molecule has 1 aromatic heterocycles. The highest BCUT2D eigenvalue weighted by molar-refractivity contribution is 5.94. The van der Waals surface area contributed by atoms with Crippen molar-refractivity contribution in [2.45, 2.75) is 25.7 Å². The maximum atomic E-state index is 12.1. The van der Waals surface area contributed by atoms with Crippen molar-refractivity contribution in [2.75, 3.05) is 26.2 Å². The molecular formula is C18H24N4O. The summed E-state index contributed by atoms with van der Waals surface area (Å²) in [6.07, 6.45) is 8.63. The number of likely N-dealkylation sites (tertiary alicyclic amines) is 1. The van der Waals surface area contributed by atoms with Gasteiger partial charge in [-0.25, -0.2) is 4.68 Å². The van der Waals surface area contributed by atoms with Gasteiger partial charge in [0.1, 0.15) is 0 Å². The lowest BCUT2D eigenvalue weighted by molar-refractivity contribution is 0.0951. The molecule has 1 amide bonds. The van der Waals surface area contributed by atoms with Crippen LogP contribution in [0.2, 0.25) is 0 Å². The SMILES string of the molecule is O=C(NCCCN1CCCCC1)c1ccc(-n2cccn2)cc1. The van der Waals surface area contributed by atoms with Crippen molar-refractivity contribution in [1.82, 2.24) is 20.0 Å². The Morgan fingerprint density at radius 1 is 1.13 bits per heavy atom. The largest absolute Gasteiger partial charge is 0.352 e. The van der Waals surface area contributed by atoms with Gasteiger partial charge in [0.05, 0.1) is 5.69 Å². The molecule has 0 aliphatic carbocycles. The Kier molecular flexibility index (Phi) is 5.42. The number of piperidine rings is 1. The van der Waals surface area contributed by atoms with Crippen molar-refractivity contribution < 1.29 is 4.79 Å². The predicted molar refractivity (Wildman–Crippen MR) is 90.8 cm³/mol. The number of amides is 1. The zero-order chi connectivity index (χ0) is 15.9. The smallest absolute Gasteiger partial charge is 0.251 e. The van der Waals surface area contributed by atoms with Crippen molar-refractivity contribution in [3.63, 3.8) is 0 Å². The second-order valence-electron chi connectivity index (χ2n) is 6.01. The molecule has 1 aromatic carbocycles. The molecule has 1 aliphatic heterocycles. The van der Waals surface area contributed by atoms with Crippen LogP contribution in [0.3, 0.4) is 0 Å². The van der Waals surface area contributed by atoms with E-state index in [0.717, 1.165) is 25.2 Å². The van der Waals surface area contributed by atoms with Crippen molar-refractivity contribution in [2.24, 2.45) is 0 Å². The second kappa shape index (κ2) is 7.92. The van der Waals surface area contributed by atoms with Crippen molar-refractivity contribution >= 4 is 5.91 Å². The topological polar surface area (TPSA) is 50.2 Å². The van der Waals surface area contributed by atoms with Gasteiger partial charge in [-0.3, -0.25) is 4.79 Å². The van der Waals surface area contributed by atoms with Crippen molar-refractivity contribution in [3.05, 3.63) is 48.3 Å². The number of rotatable bonds is 6. The fourth-order valence-corrected chi connectivity index (χ4v) is 2.98. The summed E-state index contributed by atoms with van der Waals surface area (Å²) in [5.74, 6) is -0.00402. The predicted octanol–water partition coefficient (Wildman–Crippen LogP) is 2.48. The molecule has 2 aromatic rings. The maximum Gasteiger partial charge on any atom is 0.251 e. The summed E-state index contributed by atoms with van der Waals surface area (Å²) in [6.45, 7) is 4.24. The Balaban J connectivity index is 1.43. The van der Waals surface area contributed by atoms with Gasteiger partial charge >= 0.3 is 0 Å². The second-order valence-corrected chi connectivity index (χ2v) is 6.01. The zero-order valence-electron chi connectivity index (χ0n) is 13.4. The van der Waals surface area contributed by atoms with Crippen LogP contribution in [-0.4, -0.2) is 46.8 Å². The first-order valence-corrected chi connectivity index (χ1v) is 8.43. The van der Waals surface area contributed by atoms with E-state index in [1.807, 2.05) is 36.5 Å². The Hall–Kier alpha value is -2.14. The molecule has 1 fully saturated rings. The van der Waals surface area contributed by atoms with Crippen LogP contribution in [0.5, 0.6) is 0 Å². The first-order chi connectivity index (χ1) is 11.3. The molecule has 0 saturated carbocycles. The van der Waals surface area contributed by atoms with Gasteiger partial charge in [-0.15, -0.1) is 0 Å². The molecule has 0 radical (unpaired) electrons. The van der Waals surface area contributed by atoms with Gasteiger partial charge in [-0.05, 0) is 69.2 Å². The highest BCUT2D eigenvalue weighted by Crippen LogP contribution is 2.09. The average molecular weight is 312 g/mol. The first kappa shape index (κ1) is 15.7. The molecule has 2 heterocycles. The number of carbonyl (C=O) groups excluding carboxylic acids is 1. The van der Waals surface area contributed by atoms with Crippen LogP contribution in [-0.2, 0) is 0 Å². The minimum atomic E-state index is -0.00402. The summed E-state index contributed by atoms with van der Waals surface area (Å²) in [6, 6.07) is 9.39. The van der Waals surface area contributed by atoms with E-state index in [0.29, 0.717) is 5.56 Å². The van der Waals surface area contributed by atoms with E-state index in [1.54, 1.807) is 10.9 Å². The fraction of sp³-hybridized carbons (Fsp3) is 0.444. The number of nitrogens with zero attached hydrogens (tertiary/aromatic N) is 3. The highest BCUT2D eigenvalue weighted by atomic mass is 16.1. The van der Waals surface area contributed by atoms with E-state index in [1.165, 1.54) is 32.4 Å². The average Bonchev–Trinajstić information content (AvgIpc) is 3.14. The molecule has 5 heteroatoms. The van der Waals surface area contributed by atoms with Crippen LogP contribution in [0.25, 0.3) is 5.69 Å². The Morgan fingerprint density at radius 3 is 2.61 bits per heavy atom. The monoisotopic (exact) mass is 312 g/mol. The van der Waals surface area contributed by atoms with Crippen LogP contribution in [0.1, 0.15) is 36.0 Å². The van der Waals surface area contributed by atoms with E-state index in [9.17, 15) is 4.79 Å². The Labute approximate surface area is 137 Å². The molecule has 0 unspecified atom stereocenters. The van der Waals surface area contributed by atoms with Crippen LogP contribution in [0.15, 0.2) is 42.7 Å². The van der Waals surface area contributed by atoms with Gasteiger partial charge in [0.2, 0.25) is 0 Å². The van der Waals surface area contributed by atoms with Gasteiger partial charge in [0, 0.05) is 24.5 Å². The Morgan fingerprint density at radius 2 is 1.91 bits per heavy atom. The summed E-state index contributed by atoms with van der Waals surface area (Å²) >= 11 is 0. The number of benzene rings is 1. The van der Waals surface area contributed by atoms with E-state index in [-0.39, 0.29) is 5.91 Å². The van der Waals surface area contributed by atoms with Crippen LogP contribution in [0, 0.1) is 0 Å². The molecule has 1 aliphatic rings. The van der Waals surface area contributed by atoms with E-state index >= 15 is 0 Å². The number of hydrogen-bond donors (Lipinski definition) is 1. The lowest BCUT2D eigenvalue weighted by atomic mass is 10.1. The van der Waals surface area contributed by atoms with Gasteiger partial charge in [0.25, 0.3) is 5.91 Å². The Bertz CT molecular complexity index is 600. The first-order valence-electron chi connectivity index (χ1n) is 8.43. The number of carbonyl (C=O) groups is 1. The van der Waals surface area contributed by atoms with Gasteiger partial charge in [-0.2, -0.15) is 5.10 Å². The summed E-state index contributed by atoms with van der Waals surface area (Å²) in [4.78, 5) is 14.6. The number of aromatic nitrogens is 2. The van der Waals surface area contributed by atoms with E-state index < -0.39 is 0 Å². The molecule has 1 saturated heterocycles. The zero-order valence-corrected chi connectivity index (χ0v) is 13.4. The number of hydrogen-bond acceptors (Lipinski definition) is 3. The van der Waals surface area contributed by atoms with Gasteiger partial charge < -0.3 is 10.2 Å². The molecular weight excluding hydrogens is 288 g/mol. The standard InChI is InChI=1S/C18H24N4O/c23-18(19-10-4-14-21-12-2-1-3-13-21)16-6-8-17(9-7-16)22-15-5-11-20-22/h5-9,11,15H,1-4,10,12-14H2,(H,19,23). The quantitative estimate of drug-likeness (QED) is 0.834. The van der Waals surface area contributed by atoms with Crippen LogP contribution < -0.4 is 5.32 Å². The highest BCUT2D eigenvalue weighted by Gasteiger charge is 2.10. The lowest BCUT2D eigenvalue weighted by Gasteiger charge is -2.26. The minimum absolute atomic E-state index is 0.00402. The summed E-state index contributed by atoms with van der Waals surface area (Å²) in [5.41, 5.74) is 1.65. The van der Waals surface area contributed by atoms with E-state index in [2.05, 4.69) is 15.3 Å². The van der Waals surface area contributed by atoms with Crippen molar-refractivity contribution in [1.29, 1.82) is 0 Å². The third-order valence-corrected chi connectivity index (χ3v) is 4.28. The fourth-order valence-electron chi connectivity index (χ4n) is 2.98. The van der Waals surface area contributed by atoms with Crippen LogP contribution >= 0.6 is 0 Å². The summed E-state index contributed by atoms with van der Waals surface area (Å²) in [7, 11) is 0. The lowest BCUT2D eigenvalue weighted by Crippen LogP contribution is -2.33. The summed E-state index contributed by atoms with van der Waals surface area (Å²) in [5, 5.41) is 7.18. The molecule has 0 spiro atoms. The third-order valence-electron chi connectivity index (χ3n) is 4.28. The van der Waals surface area contributed by atoms with Crippen molar-refractivity contribution in [3.8, 4) is 5.69 Å². The molecule has 122 valence electrons.